The molecule has 0 radical (unpaired) electrons. The Bertz CT molecular complexity index is 618. The van der Waals surface area contributed by atoms with Crippen molar-refractivity contribution in [3.8, 4) is 0 Å². The third-order valence-electron chi connectivity index (χ3n) is 2.76. The molecule has 0 fully saturated rings. The van der Waals surface area contributed by atoms with Crippen molar-refractivity contribution < 1.29 is 4.79 Å². The van der Waals surface area contributed by atoms with Crippen molar-refractivity contribution in [3.63, 3.8) is 0 Å². The van der Waals surface area contributed by atoms with E-state index in [1.54, 1.807) is 6.07 Å². The highest BCUT2D eigenvalue weighted by Gasteiger charge is 1.99. The minimum atomic E-state index is 0.419. The van der Waals surface area contributed by atoms with Crippen LogP contribution in [0.2, 0.25) is 10.0 Å². The predicted molar refractivity (Wildman–Crippen MR) is 81.6 cm³/mol. The zero-order chi connectivity index (χ0) is 13.7. The summed E-state index contributed by atoms with van der Waals surface area (Å²) in [5.41, 5.74) is 3.00. The summed E-state index contributed by atoms with van der Waals surface area (Å²) in [6.07, 6.45) is 5.25. The van der Waals surface area contributed by atoms with Gasteiger partial charge in [-0.05, 0) is 28.8 Å². The highest BCUT2D eigenvalue weighted by atomic mass is 35.5. The number of halogens is 2. The molecule has 0 atom stereocenters. The molecule has 0 spiro atoms. The van der Waals surface area contributed by atoms with Crippen LogP contribution >= 0.6 is 23.2 Å². The van der Waals surface area contributed by atoms with E-state index in [-0.39, 0.29) is 0 Å². The standard InChI is InChI=1S/C16H12Cl2O/c17-15-8-6-12(11-16(15)18)5-7-13-3-1-2-4-14(13)9-10-19/h1-8,10-11H,9H2/b7-5+. The average molecular weight is 291 g/mol. The van der Waals surface area contributed by atoms with E-state index < -0.39 is 0 Å². The van der Waals surface area contributed by atoms with Gasteiger partial charge in [-0.1, -0.05) is 65.7 Å². The van der Waals surface area contributed by atoms with Gasteiger partial charge in [-0.25, -0.2) is 0 Å². The van der Waals surface area contributed by atoms with Crippen molar-refractivity contribution in [1.29, 1.82) is 0 Å². The molecule has 96 valence electrons. The first-order valence-electron chi connectivity index (χ1n) is 5.85. The van der Waals surface area contributed by atoms with Gasteiger partial charge in [0.1, 0.15) is 6.29 Å². The Balaban J connectivity index is 2.27. The Hall–Kier alpha value is -1.57. The summed E-state index contributed by atoms with van der Waals surface area (Å²) < 4.78 is 0. The van der Waals surface area contributed by atoms with Gasteiger partial charge in [-0.15, -0.1) is 0 Å². The fraction of sp³-hybridized carbons (Fsp3) is 0.0625. The minimum absolute atomic E-state index is 0.419. The largest absolute Gasteiger partial charge is 0.303 e. The number of carbonyl (C=O) groups is 1. The minimum Gasteiger partial charge on any atom is -0.303 e. The maximum Gasteiger partial charge on any atom is 0.124 e. The molecule has 2 aromatic rings. The van der Waals surface area contributed by atoms with E-state index in [2.05, 4.69) is 0 Å². The lowest BCUT2D eigenvalue weighted by atomic mass is 10.0. The van der Waals surface area contributed by atoms with E-state index in [4.69, 9.17) is 23.2 Å². The maximum atomic E-state index is 10.6. The summed E-state index contributed by atoms with van der Waals surface area (Å²) >= 11 is 11.8. The van der Waals surface area contributed by atoms with Gasteiger partial charge in [0.2, 0.25) is 0 Å². The highest BCUT2D eigenvalue weighted by Crippen LogP contribution is 2.23. The van der Waals surface area contributed by atoms with Gasteiger partial charge in [0.05, 0.1) is 10.0 Å². The van der Waals surface area contributed by atoms with Crippen LogP contribution in [0.1, 0.15) is 16.7 Å². The van der Waals surface area contributed by atoms with Crippen molar-refractivity contribution in [1.82, 2.24) is 0 Å². The molecule has 2 aromatic carbocycles. The third-order valence-corrected chi connectivity index (χ3v) is 3.50. The van der Waals surface area contributed by atoms with Gasteiger partial charge >= 0.3 is 0 Å². The topological polar surface area (TPSA) is 17.1 Å². The molecule has 0 saturated carbocycles. The van der Waals surface area contributed by atoms with Crippen LogP contribution in [-0.2, 0) is 11.2 Å². The van der Waals surface area contributed by atoms with Crippen molar-refractivity contribution in [2.24, 2.45) is 0 Å². The molecular weight excluding hydrogens is 279 g/mol. The number of benzene rings is 2. The summed E-state index contributed by atoms with van der Waals surface area (Å²) in [5, 5.41) is 1.07. The lowest BCUT2D eigenvalue weighted by Gasteiger charge is -2.02. The van der Waals surface area contributed by atoms with Crippen molar-refractivity contribution >= 4 is 41.6 Å². The first-order valence-corrected chi connectivity index (χ1v) is 6.61. The van der Waals surface area contributed by atoms with Crippen LogP contribution < -0.4 is 0 Å². The van der Waals surface area contributed by atoms with E-state index in [1.807, 2.05) is 48.6 Å². The highest BCUT2D eigenvalue weighted by molar-refractivity contribution is 6.42. The second-order valence-corrected chi connectivity index (χ2v) is 4.89. The summed E-state index contributed by atoms with van der Waals surface area (Å²) in [5.74, 6) is 0. The first-order chi connectivity index (χ1) is 9.20. The zero-order valence-electron chi connectivity index (χ0n) is 10.1. The van der Waals surface area contributed by atoms with Gasteiger partial charge in [0.25, 0.3) is 0 Å². The Morgan fingerprint density at radius 2 is 1.74 bits per heavy atom. The molecule has 0 amide bonds. The van der Waals surface area contributed by atoms with Gasteiger partial charge in [0, 0.05) is 6.42 Å². The van der Waals surface area contributed by atoms with E-state index in [0.29, 0.717) is 16.5 Å². The Labute approximate surface area is 122 Å². The van der Waals surface area contributed by atoms with E-state index in [1.165, 1.54) is 0 Å². The lowest BCUT2D eigenvalue weighted by Crippen LogP contribution is -1.89. The second kappa shape index (κ2) is 6.55. The molecule has 0 bridgehead atoms. The number of carbonyl (C=O) groups excluding carboxylic acids is 1. The third kappa shape index (κ3) is 3.69. The predicted octanol–water partition coefficient (Wildman–Crippen LogP) is 4.91. The molecule has 0 aliphatic carbocycles. The number of aldehydes is 1. The smallest absolute Gasteiger partial charge is 0.124 e. The molecule has 19 heavy (non-hydrogen) atoms. The van der Waals surface area contributed by atoms with E-state index in [9.17, 15) is 4.79 Å². The molecule has 0 unspecified atom stereocenters. The van der Waals surface area contributed by atoms with E-state index in [0.717, 1.165) is 23.0 Å². The average Bonchev–Trinajstić information content (AvgIpc) is 2.42. The number of hydrogen-bond donors (Lipinski definition) is 0. The van der Waals surface area contributed by atoms with Crippen LogP contribution in [0.15, 0.2) is 42.5 Å². The molecule has 1 nitrogen and oxygen atoms in total. The SMILES string of the molecule is O=CCc1ccccc1/C=C/c1ccc(Cl)c(Cl)c1. The van der Waals surface area contributed by atoms with Crippen LogP contribution in [0.25, 0.3) is 12.2 Å². The zero-order valence-corrected chi connectivity index (χ0v) is 11.7. The van der Waals surface area contributed by atoms with Crippen molar-refractivity contribution in [3.05, 3.63) is 69.2 Å². The second-order valence-electron chi connectivity index (χ2n) is 4.08. The van der Waals surface area contributed by atoms with Crippen LogP contribution in [0.4, 0.5) is 0 Å². The quantitative estimate of drug-likeness (QED) is 0.578. The van der Waals surface area contributed by atoms with Crippen molar-refractivity contribution in [2.45, 2.75) is 6.42 Å². The molecule has 3 heteroatoms. The Morgan fingerprint density at radius 1 is 0.947 bits per heavy atom. The molecule has 0 aliphatic heterocycles. The molecular formula is C16H12Cl2O. The normalized spacial score (nSPS) is 10.8. The molecule has 0 aliphatic rings. The molecule has 0 saturated heterocycles. The van der Waals surface area contributed by atoms with Crippen LogP contribution in [-0.4, -0.2) is 6.29 Å². The summed E-state index contributed by atoms with van der Waals surface area (Å²) in [6.45, 7) is 0. The van der Waals surface area contributed by atoms with E-state index >= 15 is 0 Å². The number of hydrogen-bond acceptors (Lipinski definition) is 1. The summed E-state index contributed by atoms with van der Waals surface area (Å²) in [4.78, 5) is 10.6. The fourth-order valence-corrected chi connectivity index (χ4v) is 2.08. The maximum absolute atomic E-state index is 10.6. The van der Waals surface area contributed by atoms with Gasteiger partial charge in [0.15, 0.2) is 0 Å². The molecule has 0 N–H and O–H groups in total. The first kappa shape index (κ1) is 13.9. The molecule has 0 heterocycles. The molecule has 0 aromatic heterocycles. The Morgan fingerprint density at radius 3 is 2.47 bits per heavy atom. The van der Waals surface area contributed by atoms with Gasteiger partial charge in [-0.2, -0.15) is 0 Å². The Kier molecular flexibility index (Phi) is 4.78. The van der Waals surface area contributed by atoms with Crippen LogP contribution in [0, 0.1) is 0 Å². The summed E-state index contributed by atoms with van der Waals surface area (Å²) in [6, 6.07) is 13.3. The fourth-order valence-electron chi connectivity index (χ4n) is 1.77. The summed E-state index contributed by atoms with van der Waals surface area (Å²) in [7, 11) is 0. The molecule has 2 rings (SSSR count). The lowest BCUT2D eigenvalue weighted by molar-refractivity contribution is -0.107. The monoisotopic (exact) mass is 290 g/mol. The van der Waals surface area contributed by atoms with Gasteiger partial charge in [-0.3, -0.25) is 0 Å². The van der Waals surface area contributed by atoms with Crippen LogP contribution in [0.3, 0.4) is 0 Å². The number of rotatable bonds is 4. The van der Waals surface area contributed by atoms with Crippen molar-refractivity contribution in [2.75, 3.05) is 0 Å². The van der Waals surface area contributed by atoms with Gasteiger partial charge < -0.3 is 4.79 Å². The van der Waals surface area contributed by atoms with Crippen LogP contribution in [0.5, 0.6) is 0 Å².